The number of hydrogen-bond donors (Lipinski definition) is 1. The van der Waals surface area contributed by atoms with Crippen LogP contribution in [0.4, 0.5) is 23.2 Å². The van der Waals surface area contributed by atoms with Crippen molar-refractivity contribution in [1.29, 1.82) is 0 Å². The van der Waals surface area contributed by atoms with E-state index in [1.54, 1.807) is 0 Å². The average Bonchev–Trinajstić information content (AvgIpc) is 2.90. The van der Waals surface area contributed by atoms with Crippen LogP contribution in [0, 0.1) is 5.82 Å². The first-order valence-corrected chi connectivity index (χ1v) is 7.27. The van der Waals surface area contributed by atoms with Gasteiger partial charge in [-0.15, -0.1) is 0 Å². The van der Waals surface area contributed by atoms with Crippen molar-refractivity contribution < 1.29 is 17.6 Å². The van der Waals surface area contributed by atoms with Gasteiger partial charge in [0, 0.05) is 19.1 Å². The molecule has 0 spiro atoms. The topological polar surface area (TPSA) is 15.3 Å². The molecule has 1 N–H and O–H groups in total. The summed E-state index contributed by atoms with van der Waals surface area (Å²) in [6.45, 7) is 4.16. The summed E-state index contributed by atoms with van der Waals surface area (Å²) < 4.78 is 51.8. The van der Waals surface area contributed by atoms with Crippen LogP contribution in [0.2, 0.25) is 0 Å². The van der Waals surface area contributed by atoms with E-state index >= 15 is 0 Å². The van der Waals surface area contributed by atoms with Crippen LogP contribution < -0.4 is 10.2 Å². The van der Waals surface area contributed by atoms with Crippen molar-refractivity contribution in [1.82, 2.24) is 5.32 Å². The van der Waals surface area contributed by atoms with Crippen LogP contribution in [0.5, 0.6) is 0 Å². The third kappa shape index (κ3) is 4.09. The SMILES string of the molecule is CCCN(CC1CCCN1)c1ccc(C(F)(F)F)cc1F. The van der Waals surface area contributed by atoms with Crippen molar-refractivity contribution in [2.45, 2.75) is 38.4 Å². The Hall–Kier alpha value is -1.30. The van der Waals surface area contributed by atoms with Gasteiger partial charge in [-0.05, 0) is 44.0 Å². The predicted molar refractivity (Wildman–Crippen MR) is 74.9 cm³/mol. The highest BCUT2D eigenvalue weighted by Gasteiger charge is 2.31. The van der Waals surface area contributed by atoms with E-state index in [1.807, 2.05) is 11.8 Å². The molecule has 6 heteroatoms. The lowest BCUT2D eigenvalue weighted by molar-refractivity contribution is -0.137. The van der Waals surface area contributed by atoms with Crippen LogP contribution in [-0.2, 0) is 6.18 Å². The van der Waals surface area contributed by atoms with Gasteiger partial charge >= 0.3 is 6.18 Å². The Balaban J connectivity index is 2.19. The smallest absolute Gasteiger partial charge is 0.368 e. The van der Waals surface area contributed by atoms with Crippen molar-refractivity contribution in [2.75, 3.05) is 24.5 Å². The molecule has 1 fully saturated rings. The minimum atomic E-state index is -4.51. The molecule has 2 nitrogen and oxygen atoms in total. The molecule has 2 rings (SSSR count). The fourth-order valence-corrected chi connectivity index (χ4v) is 2.70. The fourth-order valence-electron chi connectivity index (χ4n) is 2.70. The summed E-state index contributed by atoms with van der Waals surface area (Å²) in [5, 5.41) is 3.33. The zero-order valence-electron chi connectivity index (χ0n) is 12.0. The molecule has 0 aromatic heterocycles. The Morgan fingerprint density at radius 3 is 2.62 bits per heavy atom. The van der Waals surface area contributed by atoms with Crippen LogP contribution in [-0.4, -0.2) is 25.7 Å². The zero-order chi connectivity index (χ0) is 15.5. The number of nitrogens with zero attached hydrogens (tertiary/aromatic N) is 1. The zero-order valence-corrected chi connectivity index (χ0v) is 12.0. The van der Waals surface area contributed by atoms with Gasteiger partial charge in [-0.25, -0.2) is 4.39 Å². The van der Waals surface area contributed by atoms with Crippen LogP contribution in [0.1, 0.15) is 31.7 Å². The second-order valence-corrected chi connectivity index (χ2v) is 5.40. The van der Waals surface area contributed by atoms with Gasteiger partial charge in [-0.1, -0.05) is 6.92 Å². The molecule has 1 unspecified atom stereocenters. The van der Waals surface area contributed by atoms with Crippen molar-refractivity contribution in [3.63, 3.8) is 0 Å². The van der Waals surface area contributed by atoms with Crippen molar-refractivity contribution in [3.8, 4) is 0 Å². The number of nitrogens with one attached hydrogen (secondary N) is 1. The molecule has 1 aromatic carbocycles. The summed E-state index contributed by atoms with van der Waals surface area (Å²) in [4.78, 5) is 1.83. The lowest BCUT2D eigenvalue weighted by Gasteiger charge is -2.28. The fraction of sp³-hybridized carbons (Fsp3) is 0.600. The molecule has 0 radical (unpaired) electrons. The van der Waals surface area contributed by atoms with E-state index in [4.69, 9.17) is 0 Å². The first-order valence-electron chi connectivity index (χ1n) is 7.27. The van der Waals surface area contributed by atoms with E-state index in [9.17, 15) is 17.6 Å². The van der Waals surface area contributed by atoms with Crippen LogP contribution in [0.25, 0.3) is 0 Å². The Kier molecular flexibility index (Phi) is 5.08. The van der Waals surface area contributed by atoms with Crippen molar-refractivity contribution in [2.24, 2.45) is 0 Å². The molecule has 0 amide bonds. The van der Waals surface area contributed by atoms with E-state index < -0.39 is 17.6 Å². The Labute approximate surface area is 122 Å². The van der Waals surface area contributed by atoms with Crippen LogP contribution >= 0.6 is 0 Å². The number of anilines is 1. The molecule has 1 aliphatic rings. The standard InChI is InChI=1S/C15H20F4N2/c1-2-8-21(10-12-4-3-7-20-12)14-6-5-11(9-13(14)16)15(17,18)19/h5-6,9,12,20H,2-4,7-8,10H2,1H3. The maximum Gasteiger partial charge on any atom is 0.416 e. The quantitative estimate of drug-likeness (QED) is 0.832. The lowest BCUT2D eigenvalue weighted by atomic mass is 10.1. The summed E-state index contributed by atoms with van der Waals surface area (Å²) >= 11 is 0. The molecule has 1 atom stereocenters. The number of halogens is 4. The molecule has 21 heavy (non-hydrogen) atoms. The molecule has 1 aromatic rings. The largest absolute Gasteiger partial charge is 0.416 e. The highest BCUT2D eigenvalue weighted by molar-refractivity contribution is 5.50. The third-order valence-electron chi connectivity index (χ3n) is 3.71. The number of benzene rings is 1. The second-order valence-electron chi connectivity index (χ2n) is 5.40. The summed E-state index contributed by atoms with van der Waals surface area (Å²) in [6.07, 6.45) is -1.60. The molecule has 0 aliphatic carbocycles. The lowest BCUT2D eigenvalue weighted by Crippen LogP contribution is -2.38. The Bertz CT molecular complexity index is 467. The molecule has 1 aliphatic heterocycles. The van der Waals surface area contributed by atoms with Gasteiger partial charge in [-0.3, -0.25) is 0 Å². The Morgan fingerprint density at radius 2 is 2.10 bits per heavy atom. The van der Waals surface area contributed by atoms with Gasteiger partial charge in [0.1, 0.15) is 5.82 Å². The first-order chi connectivity index (χ1) is 9.91. The van der Waals surface area contributed by atoms with E-state index in [0.29, 0.717) is 19.2 Å². The maximum absolute atomic E-state index is 14.1. The highest BCUT2D eigenvalue weighted by Crippen LogP contribution is 2.32. The predicted octanol–water partition coefficient (Wildman–Crippen LogP) is 3.81. The van der Waals surface area contributed by atoms with Gasteiger partial charge < -0.3 is 10.2 Å². The monoisotopic (exact) mass is 304 g/mol. The van der Waals surface area contributed by atoms with Crippen molar-refractivity contribution in [3.05, 3.63) is 29.6 Å². The molecule has 0 saturated carbocycles. The minimum Gasteiger partial charge on any atom is -0.368 e. The van der Waals surface area contributed by atoms with Gasteiger partial charge in [-0.2, -0.15) is 13.2 Å². The van der Waals surface area contributed by atoms with Crippen LogP contribution in [0.15, 0.2) is 18.2 Å². The van der Waals surface area contributed by atoms with E-state index in [-0.39, 0.29) is 11.7 Å². The average molecular weight is 304 g/mol. The molecule has 0 bridgehead atoms. The number of hydrogen-bond acceptors (Lipinski definition) is 2. The summed E-state index contributed by atoms with van der Waals surface area (Å²) in [5.74, 6) is -0.809. The van der Waals surface area contributed by atoms with E-state index in [1.165, 1.54) is 6.07 Å². The Morgan fingerprint density at radius 1 is 1.33 bits per heavy atom. The normalized spacial score (nSPS) is 19.0. The summed E-state index contributed by atoms with van der Waals surface area (Å²) in [6, 6.07) is 3.05. The molecule has 1 saturated heterocycles. The third-order valence-corrected chi connectivity index (χ3v) is 3.71. The second kappa shape index (κ2) is 6.64. The van der Waals surface area contributed by atoms with Gasteiger partial charge in [0.15, 0.2) is 0 Å². The van der Waals surface area contributed by atoms with Gasteiger partial charge in [0.05, 0.1) is 11.3 Å². The number of alkyl halides is 3. The molecular weight excluding hydrogens is 284 g/mol. The molecule has 1 heterocycles. The first kappa shape index (κ1) is 16.1. The van der Waals surface area contributed by atoms with Gasteiger partial charge in [0.25, 0.3) is 0 Å². The molecule has 118 valence electrons. The van der Waals surface area contributed by atoms with Crippen LogP contribution in [0.3, 0.4) is 0 Å². The van der Waals surface area contributed by atoms with E-state index in [0.717, 1.165) is 31.9 Å². The van der Waals surface area contributed by atoms with E-state index in [2.05, 4.69) is 5.32 Å². The molecular formula is C15H20F4N2. The summed E-state index contributed by atoms with van der Waals surface area (Å²) in [7, 11) is 0. The van der Waals surface area contributed by atoms with Gasteiger partial charge in [0.2, 0.25) is 0 Å². The maximum atomic E-state index is 14.1. The van der Waals surface area contributed by atoms with Crippen molar-refractivity contribution >= 4 is 5.69 Å². The minimum absolute atomic E-state index is 0.249. The highest BCUT2D eigenvalue weighted by atomic mass is 19.4. The summed E-state index contributed by atoms with van der Waals surface area (Å²) in [5.41, 5.74) is -0.697. The number of rotatable bonds is 5.